The Morgan fingerprint density at radius 1 is 1.20 bits per heavy atom. The van der Waals surface area contributed by atoms with E-state index in [1.807, 2.05) is 29.2 Å². The van der Waals surface area contributed by atoms with Crippen molar-refractivity contribution in [1.82, 2.24) is 19.8 Å². The van der Waals surface area contributed by atoms with Crippen LogP contribution in [0.2, 0.25) is 0 Å². The number of benzene rings is 1. The molecule has 1 aromatic carbocycles. The van der Waals surface area contributed by atoms with Gasteiger partial charge in [0.15, 0.2) is 5.82 Å². The molecule has 0 atom stereocenters. The zero-order valence-electron chi connectivity index (χ0n) is 14.4. The van der Waals surface area contributed by atoms with Crippen LogP contribution >= 0.6 is 0 Å². The van der Waals surface area contributed by atoms with Crippen molar-refractivity contribution < 1.29 is 9.59 Å². The van der Waals surface area contributed by atoms with Crippen LogP contribution in [-0.4, -0.2) is 64.8 Å². The summed E-state index contributed by atoms with van der Waals surface area (Å²) in [6.45, 7) is 3.31. The van der Waals surface area contributed by atoms with Gasteiger partial charge in [0.05, 0.1) is 0 Å². The first-order valence-electron chi connectivity index (χ1n) is 8.48. The molecule has 7 nitrogen and oxygen atoms in total. The van der Waals surface area contributed by atoms with Gasteiger partial charge in [0.25, 0.3) is 0 Å². The zero-order chi connectivity index (χ0) is 17.6. The summed E-state index contributed by atoms with van der Waals surface area (Å²) in [5.41, 5.74) is 1.45. The summed E-state index contributed by atoms with van der Waals surface area (Å²) in [5.74, 6) is 0.222. The lowest BCUT2D eigenvalue weighted by atomic mass is 10.1. The molecule has 2 N–H and O–H groups in total. The Morgan fingerprint density at radius 3 is 2.84 bits per heavy atom. The minimum absolute atomic E-state index is 0.108. The Kier molecular flexibility index (Phi) is 5.45. The summed E-state index contributed by atoms with van der Waals surface area (Å²) >= 11 is 0. The maximum Gasteiger partial charge on any atom is 0.321 e. The number of imidazole rings is 1. The molecular formula is C18H23N5O2. The molecule has 3 rings (SSSR count). The molecule has 0 radical (unpaired) electrons. The summed E-state index contributed by atoms with van der Waals surface area (Å²) in [7, 11) is 2.07. The summed E-state index contributed by atoms with van der Waals surface area (Å²) in [6, 6.07) is 7.28. The van der Waals surface area contributed by atoms with Gasteiger partial charge in [-0.15, -0.1) is 0 Å². The van der Waals surface area contributed by atoms with Gasteiger partial charge in [-0.2, -0.15) is 0 Å². The Labute approximate surface area is 147 Å². The minimum atomic E-state index is -0.117. The third kappa shape index (κ3) is 4.45. The van der Waals surface area contributed by atoms with Crippen LogP contribution in [0.5, 0.6) is 0 Å². The largest absolute Gasteiger partial charge is 0.342 e. The lowest BCUT2D eigenvalue weighted by Crippen LogP contribution is -2.37. The van der Waals surface area contributed by atoms with E-state index in [0.717, 1.165) is 31.6 Å². The fourth-order valence-corrected chi connectivity index (χ4v) is 2.91. The number of aromatic amines is 1. The first-order chi connectivity index (χ1) is 12.1. The van der Waals surface area contributed by atoms with Gasteiger partial charge >= 0.3 is 6.03 Å². The van der Waals surface area contributed by atoms with Crippen molar-refractivity contribution in [2.24, 2.45) is 0 Å². The molecule has 0 bridgehead atoms. The predicted octanol–water partition coefficient (Wildman–Crippen LogP) is 2.00. The van der Waals surface area contributed by atoms with Crippen molar-refractivity contribution in [2.45, 2.75) is 12.8 Å². The first-order valence-corrected chi connectivity index (χ1v) is 8.48. The van der Waals surface area contributed by atoms with Gasteiger partial charge in [-0.05, 0) is 31.6 Å². The van der Waals surface area contributed by atoms with E-state index in [0.29, 0.717) is 18.1 Å². The SMILES string of the molecule is CN1CCCN(C(=O)Nc2ccccc2CC(=O)c2ncc[nH]2)CC1. The van der Waals surface area contributed by atoms with Gasteiger partial charge < -0.3 is 20.1 Å². The molecule has 1 aliphatic rings. The second-order valence-corrected chi connectivity index (χ2v) is 6.27. The van der Waals surface area contributed by atoms with E-state index >= 15 is 0 Å². The second-order valence-electron chi connectivity index (χ2n) is 6.27. The molecule has 2 amide bonds. The number of ketones is 1. The second kappa shape index (κ2) is 7.94. The number of carbonyl (C=O) groups excluding carboxylic acids is 2. The summed E-state index contributed by atoms with van der Waals surface area (Å²) in [5, 5.41) is 2.96. The van der Waals surface area contributed by atoms with E-state index in [4.69, 9.17) is 0 Å². The Morgan fingerprint density at radius 2 is 2.04 bits per heavy atom. The van der Waals surface area contributed by atoms with E-state index in [1.54, 1.807) is 12.4 Å². The summed E-state index contributed by atoms with van der Waals surface area (Å²) < 4.78 is 0. The molecule has 0 unspecified atom stereocenters. The van der Waals surface area contributed by atoms with Crippen LogP contribution < -0.4 is 5.32 Å². The van der Waals surface area contributed by atoms with E-state index in [-0.39, 0.29) is 18.2 Å². The molecule has 2 aromatic rings. The standard InChI is InChI=1S/C18H23N5O2/c1-22-9-4-10-23(12-11-22)18(25)21-15-6-3-2-5-14(15)13-16(24)17-19-7-8-20-17/h2-3,5-8H,4,9-13H2,1H3,(H,19,20)(H,21,25). The summed E-state index contributed by atoms with van der Waals surface area (Å²) in [4.78, 5) is 35.7. The highest BCUT2D eigenvalue weighted by Crippen LogP contribution is 2.18. The lowest BCUT2D eigenvalue weighted by molar-refractivity contribution is 0.0984. The number of para-hydroxylation sites is 1. The molecule has 0 saturated carbocycles. The molecule has 2 heterocycles. The first kappa shape index (κ1) is 17.2. The van der Waals surface area contributed by atoms with Crippen molar-refractivity contribution in [3.05, 3.63) is 48.0 Å². The number of rotatable bonds is 4. The van der Waals surface area contributed by atoms with Crippen molar-refractivity contribution in [3.63, 3.8) is 0 Å². The number of anilines is 1. The molecule has 1 aromatic heterocycles. The number of hydrogen-bond donors (Lipinski definition) is 2. The van der Waals surface area contributed by atoms with Crippen LogP contribution in [-0.2, 0) is 6.42 Å². The van der Waals surface area contributed by atoms with Gasteiger partial charge in [-0.3, -0.25) is 4.79 Å². The fourth-order valence-electron chi connectivity index (χ4n) is 2.91. The predicted molar refractivity (Wildman–Crippen MR) is 95.8 cm³/mol. The molecule has 7 heteroatoms. The topological polar surface area (TPSA) is 81.3 Å². The number of Topliss-reactive ketones (excluding diaryl/α,β-unsaturated/α-hetero) is 1. The number of urea groups is 1. The van der Waals surface area contributed by atoms with Gasteiger partial charge in [0, 0.05) is 44.1 Å². The highest BCUT2D eigenvalue weighted by molar-refractivity contribution is 5.96. The highest BCUT2D eigenvalue weighted by atomic mass is 16.2. The smallest absolute Gasteiger partial charge is 0.321 e. The fraction of sp³-hybridized carbons (Fsp3) is 0.389. The normalized spacial score (nSPS) is 15.6. The van der Waals surface area contributed by atoms with Crippen LogP contribution in [0.15, 0.2) is 36.7 Å². The Balaban J connectivity index is 1.68. The van der Waals surface area contributed by atoms with Crippen LogP contribution in [0.3, 0.4) is 0 Å². The summed E-state index contributed by atoms with van der Waals surface area (Å²) in [6.07, 6.45) is 4.32. The average molecular weight is 341 g/mol. The van der Waals surface area contributed by atoms with Gasteiger partial charge in [-0.25, -0.2) is 9.78 Å². The molecule has 1 fully saturated rings. The molecule has 132 valence electrons. The molecule has 0 aliphatic carbocycles. The Hall–Kier alpha value is -2.67. The van der Waals surface area contributed by atoms with E-state index in [9.17, 15) is 9.59 Å². The number of amides is 2. The van der Waals surface area contributed by atoms with Crippen LogP contribution in [0.4, 0.5) is 10.5 Å². The molecule has 1 aliphatic heterocycles. The zero-order valence-corrected chi connectivity index (χ0v) is 14.4. The number of H-pyrrole nitrogens is 1. The van der Waals surface area contributed by atoms with Gasteiger partial charge in [-0.1, -0.05) is 18.2 Å². The molecule has 1 saturated heterocycles. The van der Waals surface area contributed by atoms with Crippen LogP contribution in [0.1, 0.15) is 22.6 Å². The number of nitrogens with zero attached hydrogens (tertiary/aromatic N) is 3. The van der Waals surface area contributed by atoms with Gasteiger partial charge in [0.1, 0.15) is 0 Å². The third-order valence-electron chi connectivity index (χ3n) is 4.38. The maximum atomic E-state index is 12.6. The average Bonchev–Trinajstić information content (AvgIpc) is 3.06. The number of nitrogens with one attached hydrogen (secondary N) is 2. The highest BCUT2D eigenvalue weighted by Gasteiger charge is 2.19. The molecule has 0 spiro atoms. The lowest BCUT2D eigenvalue weighted by Gasteiger charge is -2.22. The minimum Gasteiger partial charge on any atom is -0.342 e. The van der Waals surface area contributed by atoms with Crippen molar-refractivity contribution in [1.29, 1.82) is 0 Å². The monoisotopic (exact) mass is 341 g/mol. The van der Waals surface area contributed by atoms with Crippen LogP contribution in [0, 0.1) is 0 Å². The number of likely N-dealkylation sites (N-methyl/N-ethyl adjacent to an activating group) is 1. The van der Waals surface area contributed by atoms with Gasteiger partial charge in [0.2, 0.25) is 5.78 Å². The number of carbonyl (C=O) groups is 2. The van der Waals surface area contributed by atoms with E-state index in [1.165, 1.54) is 0 Å². The quantitative estimate of drug-likeness (QED) is 0.834. The third-order valence-corrected chi connectivity index (χ3v) is 4.38. The van der Waals surface area contributed by atoms with Crippen molar-refractivity contribution >= 4 is 17.5 Å². The number of aromatic nitrogens is 2. The Bertz CT molecular complexity index is 729. The molecule has 25 heavy (non-hydrogen) atoms. The van der Waals surface area contributed by atoms with E-state index < -0.39 is 0 Å². The van der Waals surface area contributed by atoms with Crippen LogP contribution in [0.25, 0.3) is 0 Å². The molecular weight excluding hydrogens is 318 g/mol. The van der Waals surface area contributed by atoms with Crippen molar-refractivity contribution in [3.8, 4) is 0 Å². The maximum absolute atomic E-state index is 12.6. The van der Waals surface area contributed by atoms with E-state index in [2.05, 4.69) is 27.2 Å². The number of hydrogen-bond acceptors (Lipinski definition) is 4. The van der Waals surface area contributed by atoms with Crippen molar-refractivity contribution in [2.75, 3.05) is 38.5 Å².